The second kappa shape index (κ2) is 7.01. The molecule has 27 heavy (non-hydrogen) atoms. The standard InChI is InChI=1S/C17H21N5O4S/c1-21(17(23)12-4-5-12)8-6-15-19-16(26-20-15)13-10-22(11-13)27(24,25)14-3-2-7-18-9-14/h2-3,7,9,12-13H,4-6,8,10-11H2,1H3. The number of amides is 1. The largest absolute Gasteiger partial charge is 0.345 e. The number of hydrogen-bond acceptors (Lipinski definition) is 7. The average Bonchev–Trinajstić information content (AvgIpc) is 3.38. The van der Waals surface area contributed by atoms with Crippen LogP contribution in [0, 0.1) is 5.92 Å². The zero-order valence-corrected chi connectivity index (χ0v) is 15.8. The number of aromatic nitrogens is 3. The molecule has 0 unspecified atom stereocenters. The van der Waals surface area contributed by atoms with Gasteiger partial charge in [0.05, 0.1) is 5.92 Å². The van der Waals surface area contributed by atoms with Crippen molar-refractivity contribution >= 4 is 15.9 Å². The summed E-state index contributed by atoms with van der Waals surface area (Å²) in [4.78, 5) is 22.0. The van der Waals surface area contributed by atoms with Crippen LogP contribution in [0.3, 0.4) is 0 Å². The Morgan fingerprint density at radius 2 is 2.15 bits per heavy atom. The third kappa shape index (κ3) is 3.72. The first-order chi connectivity index (χ1) is 12.9. The summed E-state index contributed by atoms with van der Waals surface area (Å²) < 4.78 is 31.6. The van der Waals surface area contributed by atoms with Crippen LogP contribution >= 0.6 is 0 Å². The molecular weight excluding hydrogens is 370 g/mol. The molecule has 1 saturated heterocycles. The second-order valence-electron chi connectivity index (χ2n) is 7.04. The molecule has 2 aromatic heterocycles. The van der Waals surface area contributed by atoms with Crippen LogP contribution < -0.4 is 0 Å². The topological polar surface area (TPSA) is 110 Å². The summed E-state index contributed by atoms with van der Waals surface area (Å²) in [5.74, 6) is 1.24. The van der Waals surface area contributed by atoms with Crippen LogP contribution in [0.15, 0.2) is 33.9 Å². The molecule has 2 aromatic rings. The molecule has 0 radical (unpaired) electrons. The Morgan fingerprint density at radius 1 is 1.37 bits per heavy atom. The van der Waals surface area contributed by atoms with E-state index in [1.807, 2.05) is 0 Å². The highest BCUT2D eigenvalue weighted by Gasteiger charge is 2.40. The molecule has 0 spiro atoms. The minimum absolute atomic E-state index is 0.108. The van der Waals surface area contributed by atoms with Gasteiger partial charge < -0.3 is 9.42 Å². The van der Waals surface area contributed by atoms with Gasteiger partial charge in [0, 0.05) is 51.4 Å². The van der Waals surface area contributed by atoms with E-state index in [1.54, 1.807) is 18.0 Å². The normalized spacial score (nSPS) is 18.3. The van der Waals surface area contributed by atoms with E-state index in [-0.39, 0.29) is 22.6 Å². The van der Waals surface area contributed by atoms with Gasteiger partial charge in [-0.2, -0.15) is 9.29 Å². The average molecular weight is 391 g/mol. The predicted molar refractivity (Wildman–Crippen MR) is 94.1 cm³/mol. The lowest BCUT2D eigenvalue weighted by Gasteiger charge is -2.35. The second-order valence-corrected chi connectivity index (χ2v) is 8.98. The zero-order valence-electron chi connectivity index (χ0n) is 15.0. The maximum atomic E-state index is 12.5. The molecule has 1 aliphatic carbocycles. The third-order valence-electron chi connectivity index (χ3n) is 4.93. The van der Waals surface area contributed by atoms with E-state index in [2.05, 4.69) is 15.1 Å². The molecule has 2 aliphatic rings. The van der Waals surface area contributed by atoms with Gasteiger partial charge in [-0.3, -0.25) is 9.78 Å². The Morgan fingerprint density at radius 3 is 2.81 bits per heavy atom. The molecule has 1 saturated carbocycles. The van der Waals surface area contributed by atoms with E-state index in [4.69, 9.17) is 4.52 Å². The third-order valence-corrected chi connectivity index (χ3v) is 6.74. The molecule has 4 rings (SSSR count). The monoisotopic (exact) mass is 391 g/mol. The van der Waals surface area contributed by atoms with Crippen molar-refractivity contribution in [2.24, 2.45) is 5.92 Å². The molecule has 0 atom stereocenters. The van der Waals surface area contributed by atoms with Gasteiger partial charge >= 0.3 is 0 Å². The zero-order chi connectivity index (χ0) is 19.0. The maximum Gasteiger partial charge on any atom is 0.244 e. The minimum Gasteiger partial charge on any atom is -0.345 e. The van der Waals surface area contributed by atoms with Crippen LogP contribution in [0.25, 0.3) is 0 Å². The highest BCUT2D eigenvalue weighted by atomic mass is 32.2. The predicted octanol–water partition coefficient (Wildman–Crippen LogP) is 0.664. The van der Waals surface area contributed by atoms with Gasteiger partial charge in [0.15, 0.2) is 5.82 Å². The van der Waals surface area contributed by atoms with Gasteiger partial charge in [0.25, 0.3) is 0 Å². The maximum absolute atomic E-state index is 12.5. The summed E-state index contributed by atoms with van der Waals surface area (Å²) in [5, 5.41) is 3.95. The molecule has 3 heterocycles. The van der Waals surface area contributed by atoms with Crippen molar-refractivity contribution in [3.63, 3.8) is 0 Å². The first kappa shape index (κ1) is 18.1. The van der Waals surface area contributed by atoms with Gasteiger partial charge in [0.1, 0.15) is 4.90 Å². The van der Waals surface area contributed by atoms with Crippen LogP contribution in [0.2, 0.25) is 0 Å². The van der Waals surface area contributed by atoms with Gasteiger partial charge in [0.2, 0.25) is 21.8 Å². The van der Waals surface area contributed by atoms with Crippen molar-refractivity contribution in [3.8, 4) is 0 Å². The van der Waals surface area contributed by atoms with E-state index in [9.17, 15) is 13.2 Å². The molecule has 0 N–H and O–H groups in total. The first-order valence-electron chi connectivity index (χ1n) is 8.93. The van der Waals surface area contributed by atoms with Gasteiger partial charge in [-0.15, -0.1) is 0 Å². The molecule has 1 aliphatic heterocycles. The molecule has 144 valence electrons. The Hall–Kier alpha value is -2.33. The highest BCUT2D eigenvalue weighted by molar-refractivity contribution is 7.89. The fourth-order valence-corrected chi connectivity index (χ4v) is 4.49. The van der Waals surface area contributed by atoms with Gasteiger partial charge in [-0.05, 0) is 25.0 Å². The van der Waals surface area contributed by atoms with Crippen LogP contribution in [-0.4, -0.2) is 65.3 Å². The summed E-state index contributed by atoms with van der Waals surface area (Å²) in [7, 11) is -1.75. The Labute approximate surface area is 157 Å². The smallest absolute Gasteiger partial charge is 0.244 e. The van der Waals surface area contributed by atoms with Crippen molar-refractivity contribution in [2.75, 3.05) is 26.7 Å². The molecule has 1 amide bonds. The summed E-state index contributed by atoms with van der Waals surface area (Å²) in [5.41, 5.74) is 0. The lowest BCUT2D eigenvalue weighted by Crippen LogP contribution is -2.48. The van der Waals surface area contributed by atoms with Crippen LogP contribution in [0.5, 0.6) is 0 Å². The van der Waals surface area contributed by atoms with Crippen molar-refractivity contribution < 1.29 is 17.7 Å². The summed E-state index contributed by atoms with van der Waals surface area (Å²) in [6, 6.07) is 3.12. The fourth-order valence-electron chi connectivity index (χ4n) is 2.99. The molecule has 0 bridgehead atoms. The summed E-state index contributed by atoms with van der Waals surface area (Å²) in [6.45, 7) is 1.15. The van der Waals surface area contributed by atoms with Crippen molar-refractivity contribution in [2.45, 2.75) is 30.1 Å². The van der Waals surface area contributed by atoms with E-state index < -0.39 is 10.0 Å². The van der Waals surface area contributed by atoms with Crippen LogP contribution in [0.1, 0.15) is 30.5 Å². The fraction of sp³-hybridized carbons (Fsp3) is 0.529. The van der Waals surface area contributed by atoms with Crippen LogP contribution in [-0.2, 0) is 21.2 Å². The number of pyridine rings is 1. The van der Waals surface area contributed by atoms with Crippen LogP contribution in [0.4, 0.5) is 0 Å². The first-order valence-corrected chi connectivity index (χ1v) is 10.4. The number of rotatable bonds is 7. The lowest BCUT2D eigenvalue weighted by atomic mass is 10.0. The molecule has 2 fully saturated rings. The number of nitrogens with zero attached hydrogens (tertiary/aromatic N) is 5. The molecule has 9 nitrogen and oxygen atoms in total. The highest BCUT2D eigenvalue weighted by Crippen LogP contribution is 2.31. The number of likely N-dealkylation sites (N-methyl/N-ethyl adjacent to an activating group) is 1. The number of carbonyl (C=O) groups is 1. The van der Waals surface area contributed by atoms with Crippen molar-refractivity contribution in [3.05, 3.63) is 36.2 Å². The molecule has 10 heteroatoms. The van der Waals surface area contributed by atoms with E-state index in [1.165, 1.54) is 22.8 Å². The molecule has 0 aromatic carbocycles. The Bertz CT molecular complexity index is 920. The summed E-state index contributed by atoms with van der Waals surface area (Å²) >= 11 is 0. The van der Waals surface area contributed by atoms with Gasteiger partial charge in [-0.25, -0.2) is 8.42 Å². The number of sulfonamides is 1. The van der Waals surface area contributed by atoms with Crippen molar-refractivity contribution in [1.29, 1.82) is 0 Å². The van der Waals surface area contributed by atoms with Crippen molar-refractivity contribution in [1.82, 2.24) is 24.3 Å². The SMILES string of the molecule is CN(CCc1noc(C2CN(S(=O)(=O)c3cccnc3)C2)n1)C(=O)C1CC1. The van der Waals surface area contributed by atoms with E-state index in [0.29, 0.717) is 37.8 Å². The van der Waals surface area contributed by atoms with E-state index >= 15 is 0 Å². The lowest BCUT2D eigenvalue weighted by molar-refractivity contribution is -0.131. The minimum atomic E-state index is -3.53. The van der Waals surface area contributed by atoms with Gasteiger partial charge in [-0.1, -0.05) is 5.16 Å². The quantitative estimate of drug-likeness (QED) is 0.682. The number of carbonyl (C=O) groups excluding carboxylic acids is 1. The van der Waals surface area contributed by atoms with E-state index in [0.717, 1.165) is 12.8 Å². The number of hydrogen-bond donors (Lipinski definition) is 0. The Balaban J connectivity index is 1.31. The summed E-state index contributed by atoms with van der Waals surface area (Å²) in [6.07, 6.45) is 5.36. The Kier molecular flexibility index (Phi) is 4.68. The molecular formula is C17H21N5O4S.